The number of benzene rings is 1. The van der Waals surface area contributed by atoms with Gasteiger partial charge in [0.15, 0.2) is 0 Å². The summed E-state index contributed by atoms with van der Waals surface area (Å²) in [5.41, 5.74) is 7.46. The quantitative estimate of drug-likeness (QED) is 0.167. The molecule has 1 saturated carbocycles. The predicted octanol–water partition coefficient (Wildman–Crippen LogP) is 3.09. The Bertz CT molecular complexity index is 1180. The fourth-order valence-corrected chi connectivity index (χ4v) is 4.29. The van der Waals surface area contributed by atoms with Crippen molar-refractivity contribution < 1.29 is 14.3 Å². The van der Waals surface area contributed by atoms with E-state index in [0.29, 0.717) is 81.2 Å². The third kappa shape index (κ3) is 10.0. The van der Waals surface area contributed by atoms with E-state index in [0.717, 1.165) is 18.5 Å². The van der Waals surface area contributed by atoms with Crippen LogP contribution in [-0.2, 0) is 16.0 Å². The van der Waals surface area contributed by atoms with Crippen LogP contribution in [0.1, 0.15) is 48.2 Å². The molecule has 214 valence electrons. The largest absolute Gasteiger partial charge is 0.378 e. The Morgan fingerprint density at radius 2 is 1.70 bits per heavy atom. The standard InChI is InChI=1S/C28H39N9O3/c29-12-15-39-17-18-40-16-14-31-25(38)21-7-6-11-23(19-21)34-28-36-26(32-20-24-10-4-5-13-30-24)35-27(37-28)33-22-8-2-1-3-9-22/h4-7,10-11,13,19,22H,1-3,8-9,12,14-18,20,29H2,(H,31,38)(H3,32,33,34,35,36,37). The molecule has 1 aliphatic carbocycles. The zero-order chi connectivity index (χ0) is 27.8. The van der Waals surface area contributed by atoms with Crippen LogP contribution >= 0.6 is 0 Å². The average molecular weight is 550 g/mol. The Hall–Kier alpha value is -3.87. The van der Waals surface area contributed by atoms with Gasteiger partial charge in [-0.1, -0.05) is 31.4 Å². The number of ether oxygens (including phenoxy) is 2. The van der Waals surface area contributed by atoms with Gasteiger partial charge < -0.3 is 36.5 Å². The zero-order valence-electron chi connectivity index (χ0n) is 22.8. The van der Waals surface area contributed by atoms with E-state index < -0.39 is 0 Å². The summed E-state index contributed by atoms with van der Waals surface area (Å²) < 4.78 is 10.7. The van der Waals surface area contributed by atoms with Crippen molar-refractivity contribution in [3.63, 3.8) is 0 Å². The number of carbonyl (C=O) groups is 1. The number of rotatable bonds is 16. The summed E-state index contributed by atoms with van der Waals surface area (Å²) in [5, 5.41) is 12.8. The van der Waals surface area contributed by atoms with Crippen LogP contribution in [0, 0.1) is 0 Å². The number of anilines is 4. The highest BCUT2D eigenvalue weighted by molar-refractivity contribution is 5.95. The normalized spacial score (nSPS) is 13.5. The van der Waals surface area contributed by atoms with Gasteiger partial charge >= 0.3 is 0 Å². The molecule has 0 aliphatic heterocycles. The fraction of sp³-hybridized carbons (Fsp3) is 0.464. The lowest BCUT2D eigenvalue weighted by atomic mass is 9.96. The van der Waals surface area contributed by atoms with Gasteiger partial charge in [-0.2, -0.15) is 15.0 Å². The van der Waals surface area contributed by atoms with E-state index in [1.807, 2.05) is 30.3 Å². The minimum Gasteiger partial charge on any atom is -0.378 e. The van der Waals surface area contributed by atoms with Crippen LogP contribution in [0.5, 0.6) is 0 Å². The van der Waals surface area contributed by atoms with Gasteiger partial charge in [0.2, 0.25) is 17.8 Å². The monoisotopic (exact) mass is 549 g/mol. The Morgan fingerprint density at radius 1 is 0.900 bits per heavy atom. The Labute approximate surface area is 234 Å². The van der Waals surface area contributed by atoms with E-state index in [9.17, 15) is 4.79 Å². The van der Waals surface area contributed by atoms with Gasteiger partial charge in [0, 0.05) is 36.6 Å². The molecule has 2 aromatic heterocycles. The summed E-state index contributed by atoms with van der Waals surface area (Å²) >= 11 is 0. The molecule has 2 heterocycles. The molecule has 1 fully saturated rings. The SMILES string of the molecule is NCCOCCOCCNC(=O)c1cccc(Nc2nc(NCc3ccccn3)nc(NC3CCCCC3)n2)c1. The molecule has 1 aliphatic rings. The number of carbonyl (C=O) groups excluding carboxylic acids is 1. The van der Waals surface area contributed by atoms with E-state index in [1.54, 1.807) is 18.3 Å². The molecule has 12 heteroatoms. The van der Waals surface area contributed by atoms with Crippen molar-refractivity contribution in [3.8, 4) is 0 Å². The second-order valence-electron chi connectivity index (χ2n) is 9.44. The molecule has 0 saturated heterocycles. The van der Waals surface area contributed by atoms with Gasteiger partial charge in [-0.15, -0.1) is 0 Å². The molecule has 0 unspecified atom stereocenters. The van der Waals surface area contributed by atoms with Crippen LogP contribution in [0.25, 0.3) is 0 Å². The summed E-state index contributed by atoms with van der Waals surface area (Å²) in [6, 6.07) is 13.3. The van der Waals surface area contributed by atoms with Crippen LogP contribution < -0.4 is 27.0 Å². The summed E-state index contributed by atoms with van der Waals surface area (Å²) in [6.45, 7) is 3.20. The molecule has 40 heavy (non-hydrogen) atoms. The summed E-state index contributed by atoms with van der Waals surface area (Å²) in [4.78, 5) is 30.8. The van der Waals surface area contributed by atoms with Gasteiger partial charge in [-0.05, 0) is 43.2 Å². The minimum atomic E-state index is -0.195. The first kappa shape index (κ1) is 29.1. The van der Waals surface area contributed by atoms with E-state index in [2.05, 4.69) is 41.2 Å². The molecule has 12 nitrogen and oxygen atoms in total. The molecule has 0 spiro atoms. The molecule has 3 aromatic rings. The van der Waals surface area contributed by atoms with E-state index in [4.69, 9.17) is 15.2 Å². The topological polar surface area (TPSA) is 161 Å². The third-order valence-electron chi connectivity index (χ3n) is 6.27. The smallest absolute Gasteiger partial charge is 0.251 e. The van der Waals surface area contributed by atoms with E-state index in [1.165, 1.54) is 19.3 Å². The Kier molecular flexibility index (Phi) is 11.9. The molecular formula is C28H39N9O3. The maximum absolute atomic E-state index is 12.7. The van der Waals surface area contributed by atoms with Gasteiger partial charge in [0.1, 0.15) is 0 Å². The predicted molar refractivity (Wildman–Crippen MR) is 155 cm³/mol. The van der Waals surface area contributed by atoms with Gasteiger partial charge in [-0.25, -0.2) is 0 Å². The molecule has 4 rings (SSSR count). The Balaban J connectivity index is 1.37. The Morgan fingerprint density at radius 3 is 2.50 bits per heavy atom. The lowest BCUT2D eigenvalue weighted by molar-refractivity contribution is 0.0511. The number of aromatic nitrogens is 4. The van der Waals surface area contributed by atoms with E-state index in [-0.39, 0.29) is 5.91 Å². The molecular weight excluding hydrogens is 510 g/mol. The molecule has 6 N–H and O–H groups in total. The van der Waals surface area contributed by atoms with E-state index >= 15 is 0 Å². The molecule has 1 aromatic carbocycles. The van der Waals surface area contributed by atoms with Crippen molar-refractivity contribution in [2.24, 2.45) is 5.73 Å². The van der Waals surface area contributed by atoms with Crippen molar-refractivity contribution in [1.29, 1.82) is 0 Å². The van der Waals surface area contributed by atoms with Gasteiger partial charge in [-0.3, -0.25) is 9.78 Å². The summed E-state index contributed by atoms with van der Waals surface area (Å²) in [7, 11) is 0. The van der Waals surface area contributed by atoms with Crippen LogP contribution in [0.3, 0.4) is 0 Å². The first-order valence-electron chi connectivity index (χ1n) is 13.9. The van der Waals surface area contributed by atoms with Crippen molar-refractivity contribution in [3.05, 3.63) is 59.9 Å². The number of nitrogens with two attached hydrogens (primary N) is 1. The van der Waals surface area contributed by atoms with Gasteiger partial charge in [0.25, 0.3) is 5.91 Å². The molecule has 0 atom stereocenters. The number of amides is 1. The van der Waals surface area contributed by atoms with Crippen LogP contribution in [0.15, 0.2) is 48.7 Å². The molecule has 0 radical (unpaired) electrons. The average Bonchev–Trinajstić information content (AvgIpc) is 2.98. The first-order chi connectivity index (χ1) is 19.7. The summed E-state index contributed by atoms with van der Waals surface area (Å²) in [5.74, 6) is 1.12. The minimum absolute atomic E-state index is 0.195. The number of nitrogens with one attached hydrogen (secondary N) is 4. The zero-order valence-corrected chi connectivity index (χ0v) is 22.8. The van der Waals surface area contributed by atoms with Crippen molar-refractivity contribution in [1.82, 2.24) is 25.3 Å². The highest BCUT2D eigenvalue weighted by Gasteiger charge is 2.16. The molecule has 1 amide bonds. The maximum Gasteiger partial charge on any atom is 0.251 e. The first-order valence-corrected chi connectivity index (χ1v) is 13.9. The van der Waals surface area contributed by atoms with Crippen LogP contribution in [0.2, 0.25) is 0 Å². The highest BCUT2D eigenvalue weighted by atomic mass is 16.5. The molecule has 0 bridgehead atoms. The fourth-order valence-electron chi connectivity index (χ4n) is 4.29. The second kappa shape index (κ2) is 16.3. The lowest BCUT2D eigenvalue weighted by Gasteiger charge is -2.23. The number of nitrogens with zero attached hydrogens (tertiary/aromatic N) is 4. The van der Waals surface area contributed by atoms with Crippen molar-refractivity contribution in [2.75, 3.05) is 55.5 Å². The van der Waals surface area contributed by atoms with Crippen LogP contribution in [-0.4, -0.2) is 71.4 Å². The lowest BCUT2D eigenvalue weighted by Crippen LogP contribution is -2.27. The number of hydrogen-bond donors (Lipinski definition) is 5. The second-order valence-corrected chi connectivity index (χ2v) is 9.44. The van der Waals surface area contributed by atoms with Crippen LogP contribution in [0.4, 0.5) is 23.5 Å². The number of pyridine rings is 1. The maximum atomic E-state index is 12.7. The summed E-state index contributed by atoms with van der Waals surface area (Å²) in [6.07, 6.45) is 7.60. The van der Waals surface area contributed by atoms with Gasteiger partial charge in [0.05, 0.1) is 38.7 Å². The van der Waals surface area contributed by atoms with Crippen molar-refractivity contribution in [2.45, 2.75) is 44.7 Å². The highest BCUT2D eigenvalue weighted by Crippen LogP contribution is 2.22. The van der Waals surface area contributed by atoms with Crippen molar-refractivity contribution >= 4 is 29.4 Å². The third-order valence-corrected chi connectivity index (χ3v) is 6.27. The number of hydrogen-bond acceptors (Lipinski definition) is 11.